The Morgan fingerprint density at radius 1 is 0.188 bits per heavy atom. The number of rotatable bonds is 23. The van der Waals surface area contributed by atoms with Crippen molar-refractivity contribution in [3.63, 3.8) is 0 Å². The second kappa shape index (κ2) is 24.6. The number of unbranched alkanes of at least 4 members (excludes halogenated alkanes) is 12. The molecule has 0 aliphatic rings. The van der Waals surface area contributed by atoms with E-state index in [1.54, 1.807) is 22.3 Å². The summed E-state index contributed by atoms with van der Waals surface area (Å²) >= 11 is 0. The molecule has 0 radical (unpaired) electrons. The van der Waals surface area contributed by atoms with Crippen molar-refractivity contribution in [2.24, 2.45) is 0 Å². The van der Waals surface area contributed by atoms with Gasteiger partial charge in [-0.15, -0.1) is 0 Å². The molecule has 0 saturated carbocycles. The minimum Gasteiger partial charge on any atom is -0.0654 e. The molecule has 0 saturated heterocycles. The second-order valence-electron chi connectivity index (χ2n) is 23.6. The molecule has 0 spiro atoms. The van der Waals surface area contributed by atoms with Gasteiger partial charge in [-0.25, -0.2) is 0 Å². The molecule has 0 N–H and O–H groups in total. The molecule has 0 aliphatic carbocycles. The lowest BCUT2D eigenvalue weighted by molar-refractivity contribution is 0.651. The maximum Gasteiger partial charge on any atom is -0.00139 e. The summed E-state index contributed by atoms with van der Waals surface area (Å²) in [6.45, 7) is 9.31. The molecule has 80 heavy (non-hydrogen) atoms. The molecule has 0 nitrogen and oxygen atoms in total. The van der Waals surface area contributed by atoms with Crippen LogP contribution in [0.15, 0.2) is 182 Å². The normalized spacial score (nSPS) is 12.0. The van der Waals surface area contributed by atoms with Crippen molar-refractivity contribution >= 4 is 86.2 Å². The van der Waals surface area contributed by atoms with Crippen LogP contribution in [0.1, 0.15) is 153 Å². The first-order chi connectivity index (χ1) is 39.6. The zero-order valence-electron chi connectivity index (χ0n) is 48.5. The summed E-state index contributed by atoms with van der Waals surface area (Å²) in [5.41, 5.74) is 14.3. The molecular formula is C80H82. The number of fused-ring (bicyclic) bond motifs is 8. The van der Waals surface area contributed by atoms with Crippen molar-refractivity contribution in [1.29, 1.82) is 0 Å². The highest BCUT2D eigenvalue weighted by Gasteiger charge is 2.26. The quantitative estimate of drug-likeness (QED) is 0.0442. The Kier molecular flexibility index (Phi) is 16.4. The van der Waals surface area contributed by atoms with Crippen LogP contribution in [0.3, 0.4) is 0 Å². The molecule has 0 unspecified atom stereocenters. The van der Waals surface area contributed by atoms with E-state index in [9.17, 15) is 0 Å². The smallest absolute Gasteiger partial charge is 0.00139 e. The van der Waals surface area contributed by atoms with Gasteiger partial charge >= 0.3 is 0 Å². The maximum atomic E-state index is 2.65. The fourth-order valence-electron chi connectivity index (χ4n) is 14.2. The average Bonchev–Trinajstić information content (AvgIpc) is 3.61. The Labute approximate surface area is 477 Å². The van der Waals surface area contributed by atoms with E-state index in [1.807, 2.05) is 0 Å². The molecule has 0 aromatic heterocycles. The summed E-state index contributed by atoms with van der Waals surface area (Å²) in [5, 5.41) is 21.2. The second-order valence-corrected chi connectivity index (χ2v) is 23.6. The fraction of sp³-hybridized carbons (Fsp3) is 0.300. The van der Waals surface area contributed by atoms with Crippen molar-refractivity contribution in [1.82, 2.24) is 0 Å². The first kappa shape index (κ1) is 53.4. The van der Waals surface area contributed by atoms with Crippen LogP contribution in [0.25, 0.3) is 120 Å². The van der Waals surface area contributed by atoms with Crippen molar-refractivity contribution in [3.05, 3.63) is 204 Å². The first-order valence-corrected chi connectivity index (χ1v) is 31.4. The Hall–Kier alpha value is -7.28. The molecule has 12 aromatic carbocycles. The molecule has 0 amide bonds. The Morgan fingerprint density at radius 3 is 0.675 bits per heavy atom. The van der Waals surface area contributed by atoms with E-state index < -0.39 is 0 Å². The summed E-state index contributed by atoms with van der Waals surface area (Å²) in [7, 11) is 0. The predicted molar refractivity (Wildman–Crippen MR) is 354 cm³/mol. The van der Waals surface area contributed by atoms with E-state index in [0.717, 1.165) is 25.7 Å². The van der Waals surface area contributed by atoms with E-state index in [-0.39, 0.29) is 0 Å². The third-order valence-electron chi connectivity index (χ3n) is 18.2. The van der Waals surface area contributed by atoms with Gasteiger partial charge in [0.2, 0.25) is 0 Å². The van der Waals surface area contributed by atoms with Gasteiger partial charge in [0.25, 0.3) is 0 Å². The topological polar surface area (TPSA) is 0 Å². The molecule has 0 heterocycles. The van der Waals surface area contributed by atoms with Gasteiger partial charge in [-0.1, -0.05) is 275 Å². The summed E-state index contributed by atoms with van der Waals surface area (Å²) < 4.78 is 0. The molecular weight excluding hydrogens is 961 g/mol. The molecule has 0 atom stereocenters. The van der Waals surface area contributed by atoms with Gasteiger partial charge in [0.15, 0.2) is 0 Å². The average molecular weight is 1040 g/mol. The van der Waals surface area contributed by atoms with Crippen LogP contribution in [-0.4, -0.2) is 0 Å². The summed E-state index contributed by atoms with van der Waals surface area (Å²) in [6.07, 6.45) is 25.0. The van der Waals surface area contributed by atoms with Crippen molar-refractivity contribution in [2.75, 3.05) is 0 Å². The standard InChI is InChI=1S/C80H82/c1-5-9-13-17-33-55-49-61-51-59-37-21-23-39-63(59)75(73(61)53-57(55)35-19-15-11-7-3)77-65-41-25-29-45-69(65)79(70-46-30-26-42-66(70)77)80-71-47-31-27-43-67(71)78(68-44-28-32-48-72(68)80)76-64-40-24-22-38-60(64)52-62-50-56(34-18-14-10-6-2)58(54-74(62)76)36-20-16-12-8-4/h21-32,37-54H,5-20,33-36H2,1-4H3. The Morgan fingerprint density at radius 2 is 0.412 bits per heavy atom. The van der Waals surface area contributed by atoms with Gasteiger partial charge in [0.1, 0.15) is 0 Å². The molecule has 402 valence electrons. The van der Waals surface area contributed by atoms with Gasteiger partial charge < -0.3 is 0 Å². The summed E-state index contributed by atoms with van der Waals surface area (Å²) in [5.74, 6) is 0. The van der Waals surface area contributed by atoms with E-state index >= 15 is 0 Å². The van der Waals surface area contributed by atoms with E-state index in [0.29, 0.717) is 0 Å². The van der Waals surface area contributed by atoms with Crippen molar-refractivity contribution < 1.29 is 0 Å². The zero-order valence-corrected chi connectivity index (χ0v) is 48.5. The van der Waals surface area contributed by atoms with Gasteiger partial charge in [-0.2, -0.15) is 0 Å². The van der Waals surface area contributed by atoms with Gasteiger partial charge in [-0.3, -0.25) is 0 Å². The highest BCUT2D eigenvalue weighted by atomic mass is 14.3. The monoisotopic (exact) mass is 1040 g/mol. The van der Waals surface area contributed by atoms with E-state index in [1.165, 1.54) is 222 Å². The van der Waals surface area contributed by atoms with E-state index in [4.69, 9.17) is 0 Å². The minimum atomic E-state index is 1.14. The minimum absolute atomic E-state index is 1.14. The predicted octanol–water partition coefficient (Wildman–Crippen LogP) is 24.4. The highest BCUT2D eigenvalue weighted by Crippen LogP contribution is 2.53. The molecule has 0 fully saturated rings. The Balaban J connectivity index is 1.13. The molecule has 0 aliphatic heterocycles. The first-order valence-electron chi connectivity index (χ1n) is 31.4. The SMILES string of the molecule is CCCCCCc1cc2cc3ccccc3c(-c3c4ccccc4c(-c4c5ccccc5c(-c5c6ccccc6cc6cc(CCCCCC)c(CCCCCC)cc56)c5ccccc45)c4ccccc34)c2cc1CCCCCC. The van der Waals surface area contributed by atoms with Crippen molar-refractivity contribution in [3.8, 4) is 33.4 Å². The number of hydrogen-bond acceptors (Lipinski definition) is 0. The van der Waals surface area contributed by atoms with Crippen LogP contribution in [0, 0.1) is 0 Å². The largest absolute Gasteiger partial charge is 0.0654 e. The molecule has 12 rings (SSSR count). The van der Waals surface area contributed by atoms with Crippen molar-refractivity contribution in [2.45, 2.75) is 156 Å². The van der Waals surface area contributed by atoms with Crippen LogP contribution in [0.5, 0.6) is 0 Å². The maximum absolute atomic E-state index is 2.65. The highest BCUT2D eigenvalue weighted by molar-refractivity contribution is 6.34. The molecule has 0 heteroatoms. The third-order valence-corrected chi connectivity index (χ3v) is 18.2. The molecule has 12 aromatic rings. The van der Waals surface area contributed by atoms with Crippen LogP contribution >= 0.6 is 0 Å². The summed E-state index contributed by atoms with van der Waals surface area (Å²) in [4.78, 5) is 0. The lowest BCUT2D eigenvalue weighted by atomic mass is 9.78. The number of hydrogen-bond donors (Lipinski definition) is 0. The molecule has 0 bridgehead atoms. The lowest BCUT2D eigenvalue weighted by Crippen LogP contribution is -1.99. The fourth-order valence-corrected chi connectivity index (χ4v) is 14.2. The van der Waals surface area contributed by atoms with Crippen LogP contribution in [0.2, 0.25) is 0 Å². The van der Waals surface area contributed by atoms with Gasteiger partial charge in [-0.05, 0) is 205 Å². The zero-order chi connectivity index (χ0) is 54.4. The van der Waals surface area contributed by atoms with Gasteiger partial charge in [0, 0.05) is 0 Å². The van der Waals surface area contributed by atoms with E-state index in [2.05, 4.69) is 210 Å². The number of benzene rings is 12. The lowest BCUT2D eigenvalue weighted by Gasteiger charge is -2.24. The summed E-state index contributed by atoms with van der Waals surface area (Å²) in [6, 6.07) is 71.6. The van der Waals surface area contributed by atoms with Crippen LogP contribution in [-0.2, 0) is 25.7 Å². The third kappa shape index (κ3) is 10.3. The van der Waals surface area contributed by atoms with Gasteiger partial charge in [0.05, 0.1) is 0 Å². The van der Waals surface area contributed by atoms with Crippen LogP contribution in [0.4, 0.5) is 0 Å². The number of aryl methyl sites for hydroxylation is 4. The van der Waals surface area contributed by atoms with Crippen LogP contribution < -0.4 is 0 Å². The Bertz CT molecular complexity index is 3800.